The lowest BCUT2D eigenvalue weighted by atomic mass is 9.99. The summed E-state index contributed by atoms with van der Waals surface area (Å²) in [5.41, 5.74) is 7.26. The molecule has 1 aliphatic rings. The van der Waals surface area contributed by atoms with Gasteiger partial charge in [-0.1, -0.05) is 41.5 Å². The molecular formula is C26H45N3O2. The van der Waals surface area contributed by atoms with Gasteiger partial charge in [-0.2, -0.15) is 0 Å². The number of carbonyl (C=O) groups is 1. The molecule has 3 atom stereocenters. The van der Waals surface area contributed by atoms with Gasteiger partial charge in [0.05, 0.1) is 12.6 Å². The van der Waals surface area contributed by atoms with Gasteiger partial charge in [-0.25, -0.2) is 0 Å². The zero-order valence-electron chi connectivity index (χ0n) is 20.6. The van der Waals surface area contributed by atoms with Crippen LogP contribution in [0, 0.1) is 17.3 Å². The van der Waals surface area contributed by atoms with Crippen LogP contribution in [0.1, 0.15) is 60.8 Å². The molecule has 2 N–H and O–H groups in total. The molecule has 1 saturated heterocycles. The second-order valence-electron chi connectivity index (χ2n) is 11.1. The van der Waals surface area contributed by atoms with Gasteiger partial charge in [0.1, 0.15) is 12.0 Å². The smallest absolute Gasteiger partial charge is 0.136 e. The minimum atomic E-state index is -0.338. The number of likely N-dealkylation sites (tertiary alicyclic amines) is 1. The number of benzene rings is 1. The van der Waals surface area contributed by atoms with Crippen LogP contribution in [0.2, 0.25) is 0 Å². The highest BCUT2D eigenvalue weighted by Gasteiger charge is 2.29. The summed E-state index contributed by atoms with van der Waals surface area (Å²) in [4.78, 5) is 16.0. The second-order valence-corrected chi connectivity index (χ2v) is 11.1. The van der Waals surface area contributed by atoms with Gasteiger partial charge < -0.3 is 25.1 Å². The van der Waals surface area contributed by atoms with Gasteiger partial charge in [-0.3, -0.25) is 0 Å². The average Bonchev–Trinajstić information content (AvgIpc) is 3.14. The van der Waals surface area contributed by atoms with E-state index in [2.05, 4.69) is 75.6 Å². The van der Waals surface area contributed by atoms with Crippen LogP contribution >= 0.6 is 0 Å². The molecule has 0 radical (unpaired) electrons. The van der Waals surface area contributed by atoms with Crippen LogP contribution in [0.3, 0.4) is 0 Å². The number of nitrogens with zero attached hydrogens (tertiary/aromatic N) is 2. The maximum atomic E-state index is 10.9. The Kier molecular flexibility index (Phi) is 9.83. The van der Waals surface area contributed by atoms with Crippen molar-refractivity contribution in [3.05, 3.63) is 24.3 Å². The SMILES string of the molecule is CC(C)CCN(c1ccc(OCC(C)(C)C)cc1)C1CCN(CC(C)CC(N)C=O)C1. The van der Waals surface area contributed by atoms with Gasteiger partial charge in [0.15, 0.2) is 0 Å². The van der Waals surface area contributed by atoms with Crippen molar-refractivity contribution in [1.29, 1.82) is 0 Å². The maximum Gasteiger partial charge on any atom is 0.136 e. The van der Waals surface area contributed by atoms with Crippen molar-refractivity contribution in [1.82, 2.24) is 4.90 Å². The molecule has 0 bridgehead atoms. The fourth-order valence-corrected chi connectivity index (χ4v) is 4.22. The first-order chi connectivity index (χ1) is 14.6. The minimum absolute atomic E-state index is 0.155. The van der Waals surface area contributed by atoms with Gasteiger partial charge in [-0.05, 0) is 60.8 Å². The third-order valence-corrected chi connectivity index (χ3v) is 5.90. The zero-order valence-corrected chi connectivity index (χ0v) is 20.6. The predicted molar refractivity (Wildman–Crippen MR) is 131 cm³/mol. The molecule has 0 spiro atoms. The topological polar surface area (TPSA) is 58.8 Å². The third kappa shape index (κ3) is 9.20. The van der Waals surface area contributed by atoms with Gasteiger partial charge in [0.25, 0.3) is 0 Å². The van der Waals surface area contributed by atoms with Crippen LogP contribution in [0.5, 0.6) is 5.75 Å². The Morgan fingerprint density at radius 3 is 2.48 bits per heavy atom. The molecule has 1 heterocycles. The second kappa shape index (κ2) is 11.9. The number of hydrogen-bond donors (Lipinski definition) is 1. The lowest BCUT2D eigenvalue weighted by Crippen LogP contribution is -2.39. The monoisotopic (exact) mass is 431 g/mol. The molecule has 1 fully saturated rings. The molecule has 1 aromatic rings. The van der Waals surface area contributed by atoms with E-state index in [1.54, 1.807) is 0 Å². The number of hydrogen-bond acceptors (Lipinski definition) is 5. The van der Waals surface area contributed by atoms with Crippen LogP contribution in [0.4, 0.5) is 5.69 Å². The quantitative estimate of drug-likeness (QED) is 0.491. The van der Waals surface area contributed by atoms with Crippen molar-refractivity contribution in [3.8, 4) is 5.75 Å². The first-order valence-corrected chi connectivity index (χ1v) is 12.0. The van der Waals surface area contributed by atoms with E-state index in [1.165, 1.54) is 18.5 Å². The summed E-state index contributed by atoms with van der Waals surface area (Å²) in [5.74, 6) is 2.05. The van der Waals surface area contributed by atoms with E-state index in [0.717, 1.165) is 44.6 Å². The van der Waals surface area contributed by atoms with Gasteiger partial charge in [0.2, 0.25) is 0 Å². The van der Waals surface area contributed by atoms with Crippen molar-refractivity contribution in [2.24, 2.45) is 23.0 Å². The van der Waals surface area contributed by atoms with Crippen LogP contribution < -0.4 is 15.4 Å². The first kappa shape index (κ1) is 25.7. The lowest BCUT2D eigenvalue weighted by molar-refractivity contribution is -0.109. The summed E-state index contributed by atoms with van der Waals surface area (Å²) < 4.78 is 5.97. The molecule has 0 aliphatic carbocycles. The van der Waals surface area contributed by atoms with Crippen LogP contribution in [0.25, 0.3) is 0 Å². The Hall–Kier alpha value is -1.59. The van der Waals surface area contributed by atoms with E-state index in [9.17, 15) is 4.79 Å². The molecule has 1 aromatic carbocycles. The Morgan fingerprint density at radius 1 is 1.23 bits per heavy atom. The summed E-state index contributed by atoms with van der Waals surface area (Å²) >= 11 is 0. The summed E-state index contributed by atoms with van der Waals surface area (Å²) in [6.45, 7) is 18.3. The summed E-state index contributed by atoms with van der Waals surface area (Å²) in [6, 6.07) is 8.83. The molecule has 2 rings (SSSR count). The highest BCUT2D eigenvalue weighted by atomic mass is 16.5. The van der Waals surface area contributed by atoms with E-state index < -0.39 is 0 Å². The Bertz CT molecular complexity index is 654. The number of aldehydes is 1. The minimum Gasteiger partial charge on any atom is -0.493 e. The van der Waals surface area contributed by atoms with Crippen molar-refractivity contribution >= 4 is 12.0 Å². The van der Waals surface area contributed by atoms with Crippen molar-refractivity contribution in [2.45, 2.75) is 72.9 Å². The zero-order chi connectivity index (χ0) is 23.0. The molecule has 31 heavy (non-hydrogen) atoms. The highest BCUT2D eigenvalue weighted by molar-refractivity contribution is 5.56. The fourth-order valence-electron chi connectivity index (χ4n) is 4.22. The Labute approximate surface area is 190 Å². The van der Waals surface area contributed by atoms with Crippen LogP contribution in [0.15, 0.2) is 24.3 Å². The van der Waals surface area contributed by atoms with Gasteiger partial charge >= 0.3 is 0 Å². The van der Waals surface area contributed by atoms with Crippen molar-refractivity contribution < 1.29 is 9.53 Å². The van der Waals surface area contributed by atoms with Gasteiger partial charge in [-0.15, -0.1) is 0 Å². The molecule has 176 valence electrons. The largest absolute Gasteiger partial charge is 0.493 e. The van der Waals surface area contributed by atoms with Crippen LogP contribution in [-0.2, 0) is 4.79 Å². The highest BCUT2D eigenvalue weighted by Crippen LogP contribution is 2.27. The third-order valence-electron chi connectivity index (χ3n) is 5.90. The standard InChI is InChI=1S/C26H45N3O2/c1-20(2)11-14-29(23-7-9-25(10-8-23)31-19-26(4,5)6)24-12-13-28(17-24)16-21(3)15-22(27)18-30/h7-10,18,20-22,24H,11-17,19,27H2,1-6H3. The normalized spacial score (nSPS) is 19.4. The van der Waals surface area contributed by atoms with Crippen LogP contribution in [-0.4, -0.2) is 56.1 Å². The van der Waals surface area contributed by atoms with Crippen molar-refractivity contribution in [2.75, 3.05) is 37.7 Å². The number of ether oxygens (including phenoxy) is 1. The molecule has 0 aromatic heterocycles. The first-order valence-electron chi connectivity index (χ1n) is 12.0. The molecule has 0 amide bonds. The lowest BCUT2D eigenvalue weighted by Gasteiger charge is -2.32. The number of nitrogens with two attached hydrogens (primary N) is 1. The average molecular weight is 432 g/mol. The number of rotatable bonds is 12. The molecule has 5 nitrogen and oxygen atoms in total. The summed E-state index contributed by atoms with van der Waals surface area (Å²) in [6.07, 6.45) is 3.99. The number of anilines is 1. The Balaban J connectivity index is 2.01. The summed E-state index contributed by atoms with van der Waals surface area (Å²) in [5, 5.41) is 0. The van der Waals surface area contributed by atoms with E-state index in [0.29, 0.717) is 24.5 Å². The van der Waals surface area contributed by atoms with E-state index in [-0.39, 0.29) is 11.5 Å². The molecule has 3 unspecified atom stereocenters. The van der Waals surface area contributed by atoms with Crippen molar-refractivity contribution in [3.63, 3.8) is 0 Å². The molecule has 5 heteroatoms. The molecular weight excluding hydrogens is 386 g/mol. The number of carbonyl (C=O) groups excluding carboxylic acids is 1. The van der Waals surface area contributed by atoms with E-state index >= 15 is 0 Å². The molecule has 1 aliphatic heterocycles. The fraction of sp³-hybridized carbons (Fsp3) is 0.731. The van der Waals surface area contributed by atoms with E-state index in [1.807, 2.05) is 0 Å². The van der Waals surface area contributed by atoms with Gasteiger partial charge in [0, 0.05) is 37.9 Å². The maximum absolute atomic E-state index is 10.9. The molecule has 0 saturated carbocycles. The van der Waals surface area contributed by atoms with E-state index in [4.69, 9.17) is 10.5 Å². The summed E-state index contributed by atoms with van der Waals surface area (Å²) in [7, 11) is 0. The predicted octanol–water partition coefficient (Wildman–Crippen LogP) is 4.59. The Morgan fingerprint density at radius 2 is 1.90 bits per heavy atom.